The van der Waals surface area contributed by atoms with Gasteiger partial charge in [-0.1, -0.05) is 26.0 Å². The van der Waals surface area contributed by atoms with E-state index < -0.39 is 11.7 Å². The van der Waals surface area contributed by atoms with Crippen molar-refractivity contribution in [1.29, 1.82) is 0 Å². The van der Waals surface area contributed by atoms with E-state index in [9.17, 15) is 18.0 Å². The summed E-state index contributed by atoms with van der Waals surface area (Å²) in [6, 6.07) is 7.08. The molecule has 1 amide bonds. The number of hydrogen-bond donors (Lipinski definition) is 2. The van der Waals surface area contributed by atoms with Crippen LogP contribution in [0.25, 0.3) is 0 Å². The lowest BCUT2D eigenvalue weighted by Gasteiger charge is -2.41. The van der Waals surface area contributed by atoms with Crippen molar-refractivity contribution in [3.05, 3.63) is 41.1 Å². The maximum absolute atomic E-state index is 13.9. The number of nitrogens with one attached hydrogen (secondary N) is 2. The number of ether oxygens (including phenoxy) is 1. The molecule has 4 heterocycles. The van der Waals surface area contributed by atoms with E-state index in [1.54, 1.807) is 4.90 Å². The smallest absolute Gasteiger partial charge is 0.379 e. The highest BCUT2D eigenvalue weighted by Gasteiger charge is 2.35. The number of carbonyl (C=O) groups is 1. The van der Waals surface area contributed by atoms with E-state index in [1.165, 1.54) is 31.5 Å². The molecule has 3 aliphatic heterocycles. The van der Waals surface area contributed by atoms with Gasteiger partial charge >= 0.3 is 6.18 Å². The molecule has 0 radical (unpaired) electrons. The molecule has 0 bridgehead atoms. The fraction of sp³-hybridized carbons (Fsp3) is 0.667. The first-order valence-electron chi connectivity index (χ1n) is 16.5. The van der Waals surface area contributed by atoms with Gasteiger partial charge in [0.05, 0.1) is 19.6 Å². The van der Waals surface area contributed by atoms with Crippen molar-refractivity contribution < 1.29 is 22.7 Å². The summed E-state index contributed by atoms with van der Waals surface area (Å²) in [5.74, 6) is 0.231. The average molecular weight is 632 g/mol. The zero-order valence-electron chi connectivity index (χ0n) is 26.8. The highest BCUT2D eigenvalue weighted by Crippen LogP contribution is 2.36. The van der Waals surface area contributed by atoms with Crippen LogP contribution in [-0.2, 0) is 22.1 Å². The number of nitrogens with zero attached hydrogens (tertiary/aromatic N) is 5. The molecule has 3 saturated heterocycles. The molecule has 12 heteroatoms. The van der Waals surface area contributed by atoms with E-state index in [0.717, 1.165) is 49.8 Å². The Morgan fingerprint density at radius 1 is 1.07 bits per heavy atom. The normalized spacial score (nSPS) is 20.7. The molecule has 1 aromatic heterocycles. The van der Waals surface area contributed by atoms with Crippen molar-refractivity contribution in [3.8, 4) is 0 Å². The van der Waals surface area contributed by atoms with Crippen LogP contribution in [0, 0.1) is 5.92 Å². The maximum Gasteiger partial charge on any atom is 0.421 e. The van der Waals surface area contributed by atoms with E-state index in [-0.39, 0.29) is 30.1 Å². The molecule has 2 N–H and O–H groups in total. The van der Waals surface area contributed by atoms with Gasteiger partial charge in [-0.3, -0.25) is 4.79 Å². The minimum atomic E-state index is -4.61. The number of benzene rings is 1. The van der Waals surface area contributed by atoms with Crippen LogP contribution in [0.3, 0.4) is 0 Å². The fourth-order valence-electron chi connectivity index (χ4n) is 6.77. The average Bonchev–Trinajstić information content (AvgIpc) is 3.23. The topological polar surface area (TPSA) is 85.9 Å². The first-order valence-corrected chi connectivity index (χ1v) is 16.5. The molecule has 1 atom stereocenters. The summed E-state index contributed by atoms with van der Waals surface area (Å²) in [7, 11) is 2.20. The van der Waals surface area contributed by atoms with Crippen LogP contribution < -0.4 is 10.6 Å². The van der Waals surface area contributed by atoms with Crippen LogP contribution in [-0.4, -0.2) is 103 Å². The lowest BCUT2D eigenvalue weighted by molar-refractivity contribution is -0.137. The highest BCUT2D eigenvalue weighted by atomic mass is 19.4. The number of anilines is 3. The molecule has 0 saturated carbocycles. The number of alkyl halides is 3. The number of amides is 1. The Labute approximate surface area is 264 Å². The van der Waals surface area contributed by atoms with Gasteiger partial charge in [0.2, 0.25) is 11.9 Å². The number of halogens is 3. The molecule has 1 unspecified atom stereocenters. The molecule has 0 spiro atoms. The summed E-state index contributed by atoms with van der Waals surface area (Å²) >= 11 is 0. The number of aryl methyl sites for hydroxylation is 1. The standard InChI is InChI=1S/C33H48F3N7O2/c1-4-24-19-26(25-7-14-42(15-8-25)27-9-12-41(3)13-10-27)5-6-29(24)39-32-38-21-28(33(34,35)36)31(40-32)37-20-23(2)22-43-16-18-45-17-11-30(43)44/h5-6,19,21,23,25,27H,4,7-18,20,22H2,1-3H3,(H2,37,38,39,40). The summed E-state index contributed by atoms with van der Waals surface area (Å²) in [4.78, 5) is 27.4. The zero-order valence-corrected chi connectivity index (χ0v) is 26.8. The fourth-order valence-corrected chi connectivity index (χ4v) is 6.77. The van der Waals surface area contributed by atoms with E-state index in [2.05, 4.69) is 56.5 Å². The Morgan fingerprint density at radius 2 is 1.82 bits per heavy atom. The summed E-state index contributed by atoms with van der Waals surface area (Å²) in [6.45, 7) is 10.6. The van der Waals surface area contributed by atoms with Crippen LogP contribution >= 0.6 is 0 Å². The van der Waals surface area contributed by atoms with Crippen molar-refractivity contribution in [1.82, 2.24) is 24.7 Å². The van der Waals surface area contributed by atoms with E-state index in [1.807, 2.05) is 13.0 Å². The molecule has 0 aliphatic carbocycles. The SMILES string of the molecule is CCc1cc(C2CCN(C3CCN(C)CC3)CC2)ccc1Nc1ncc(C(F)(F)F)c(NCC(C)CN2CCOCCC2=O)n1. The van der Waals surface area contributed by atoms with Crippen LogP contribution in [0.2, 0.25) is 0 Å². The molecule has 2 aromatic rings. The van der Waals surface area contributed by atoms with Gasteiger partial charge in [0.15, 0.2) is 0 Å². The molecule has 3 aliphatic rings. The van der Waals surface area contributed by atoms with Crippen LogP contribution in [0.5, 0.6) is 0 Å². The van der Waals surface area contributed by atoms with Crippen molar-refractivity contribution in [2.75, 3.05) is 76.7 Å². The summed E-state index contributed by atoms with van der Waals surface area (Å²) in [6.07, 6.45) is 2.08. The highest BCUT2D eigenvalue weighted by molar-refractivity contribution is 5.76. The monoisotopic (exact) mass is 631 g/mol. The first-order chi connectivity index (χ1) is 21.6. The van der Waals surface area contributed by atoms with Crippen LogP contribution in [0.4, 0.5) is 30.6 Å². The molecular formula is C33H48F3N7O2. The van der Waals surface area contributed by atoms with E-state index in [4.69, 9.17) is 4.74 Å². The molecular weight excluding hydrogens is 583 g/mol. The van der Waals surface area contributed by atoms with Gasteiger partial charge in [-0.25, -0.2) is 4.98 Å². The quantitative estimate of drug-likeness (QED) is 0.362. The summed E-state index contributed by atoms with van der Waals surface area (Å²) in [5, 5.41) is 6.07. The second-order valence-electron chi connectivity index (χ2n) is 12.9. The molecule has 9 nitrogen and oxygen atoms in total. The molecule has 5 rings (SSSR count). The molecule has 1 aromatic carbocycles. The third kappa shape index (κ3) is 8.86. The Balaban J connectivity index is 1.23. The number of carbonyl (C=O) groups excluding carboxylic acids is 1. The van der Waals surface area contributed by atoms with E-state index >= 15 is 0 Å². The zero-order chi connectivity index (χ0) is 32.0. The van der Waals surface area contributed by atoms with Crippen molar-refractivity contribution in [3.63, 3.8) is 0 Å². The van der Waals surface area contributed by atoms with Gasteiger partial charge < -0.3 is 30.1 Å². The third-order valence-electron chi connectivity index (χ3n) is 9.52. The third-order valence-corrected chi connectivity index (χ3v) is 9.52. The van der Waals surface area contributed by atoms with Gasteiger partial charge in [-0.2, -0.15) is 18.2 Å². The predicted molar refractivity (Wildman–Crippen MR) is 170 cm³/mol. The summed E-state index contributed by atoms with van der Waals surface area (Å²) in [5.41, 5.74) is 2.28. The van der Waals surface area contributed by atoms with Crippen molar-refractivity contribution in [2.24, 2.45) is 5.92 Å². The molecule has 248 valence electrons. The predicted octanol–water partition coefficient (Wildman–Crippen LogP) is 5.37. The molecule has 45 heavy (non-hydrogen) atoms. The van der Waals surface area contributed by atoms with Gasteiger partial charge in [-0.15, -0.1) is 0 Å². The number of likely N-dealkylation sites (tertiary alicyclic amines) is 2. The van der Waals surface area contributed by atoms with Crippen LogP contribution in [0.1, 0.15) is 68.6 Å². The van der Waals surface area contributed by atoms with Gasteiger partial charge in [0.1, 0.15) is 11.4 Å². The number of rotatable bonds is 10. The maximum atomic E-state index is 13.9. The Morgan fingerprint density at radius 3 is 2.53 bits per heavy atom. The van der Waals surface area contributed by atoms with Gasteiger partial charge in [0, 0.05) is 37.6 Å². The van der Waals surface area contributed by atoms with Crippen molar-refractivity contribution in [2.45, 2.75) is 70.5 Å². The second-order valence-corrected chi connectivity index (χ2v) is 12.9. The van der Waals surface area contributed by atoms with Gasteiger partial charge in [0.25, 0.3) is 0 Å². The minimum Gasteiger partial charge on any atom is -0.379 e. The Kier molecular flexibility index (Phi) is 11.2. The van der Waals surface area contributed by atoms with Gasteiger partial charge in [-0.05, 0) is 94.4 Å². The lowest BCUT2D eigenvalue weighted by atomic mass is 9.86. The number of hydrogen-bond acceptors (Lipinski definition) is 8. The molecule has 3 fully saturated rings. The van der Waals surface area contributed by atoms with Crippen LogP contribution in [0.15, 0.2) is 24.4 Å². The number of aromatic nitrogens is 2. The number of piperidine rings is 2. The Hall–Kier alpha value is -2.96. The largest absolute Gasteiger partial charge is 0.421 e. The second kappa shape index (κ2) is 15.1. The van der Waals surface area contributed by atoms with Crippen molar-refractivity contribution >= 4 is 23.4 Å². The first kappa shape index (κ1) is 33.4. The van der Waals surface area contributed by atoms with E-state index in [0.29, 0.717) is 44.7 Å². The summed E-state index contributed by atoms with van der Waals surface area (Å²) < 4.78 is 47.0. The lowest BCUT2D eigenvalue weighted by Crippen LogP contribution is -2.46. The Bertz CT molecular complexity index is 1280. The minimum absolute atomic E-state index is 0.000269.